The Kier molecular flexibility index (Phi) is 5.13. The minimum Gasteiger partial charge on any atom is -0.497 e. The van der Waals surface area contributed by atoms with Crippen LogP contribution in [0.1, 0.15) is 49.4 Å². The Balaban J connectivity index is 1.62. The smallest absolute Gasteiger partial charge is 0.224 e. The summed E-state index contributed by atoms with van der Waals surface area (Å²) in [5, 5.41) is 11.6. The lowest BCUT2D eigenvalue weighted by atomic mass is 10.1. The molecule has 1 unspecified atom stereocenters. The maximum atomic E-state index is 12.3. The number of aromatic nitrogens is 3. The van der Waals surface area contributed by atoms with E-state index in [2.05, 4.69) is 20.1 Å². The summed E-state index contributed by atoms with van der Waals surface area (Å²) in [6.07, 6.45) is 4.84. The van der Waals surface area contributed by atoms with Gasteiger partial charge in [0.05, 0.1) is 19.6 Å². The summed E-state index contributed by atoms with van der Waals surface area (Å²) in [5.74, 6) is 2.67. The first-order valence-electron chi connectivity index (χ1n) is 8.51. The fourth-order valence-corrected chi connectivity index (χ4v) is 3.11. The number of carbonyl (C=O) groups excluding carboxylic acids is 1. The van der Waals surface area contributed by atoms with Gasteiger partial charge in [0.1, 0.15) is 11.6 Å². The molecule has 1 amide bonds. The molecule has 0 radical (unpaired) electrons. The van der Waals surface area contributed by atoms with E-state index in [1.165, 1.54) is 6.42 Å². The lowest BCUT2D eigenvalue weighted by molar-refractivity contribution is -0.121. The second kappa shape index (κ2) is 7.47. The van der Waals surface area contributed by atoms with Crippen LogP contribution >= 0.6 is 0 Å². The van der Waals surface area contributed by atoms with E-state index in [9.17, 15) is 4.79 Å². The first-order valence-corrected chi connectivity index (χ1v) is 8.51. The number of benzene rings is 1. The van der Waals surface area contributed by atoms with Crippen LogP contribution in [0.5, 0.6) is 5.75 Å². The highest BCUT2D eigenvalue weighted by atomic mass is 16.5. The van der Waals surface area contributed by atoms with Crippen molar-refractivity contribution in [2.75, 3.05) is 7.11 Å². The Labute approximate surface area is 142 Å². The summed E-state index contributed by atoms with van der Waals surface area (Å²) < 4.78 is 7.30. The number of nitrogens with one attached hydrogen (secondary N) is 1. The number of aryl methyl sites for hydroxylation is 1. The van der Waals surface area contributed by atoms with Gasteiger partial charge >= 0.3 is 0 Å². The Morgan fingerprint density at radius 1 is 1.25 bits per heavy atom. The molecular weight excluding hydrogens is 304 g/mol. The van der Waals surface area contributed by atoms with Crippen molar-refractivity contribution in [3.8, 4) is 5.75 Å². The van der Waals surface area contributed by atoms with Gasteiger partial charge in [-0.15, -0.1) is 10.2 Å². The summed E-state index contributed by atoms with van der Waals surface area (Å²) in [6.45, 7) is 2.91. The molecule has 0 fully saturated rings. The Hall–Kier alpha value is -2.37. The molecule has 0 bridgehead atoms. The van der Waals surface area contributed by atoms with Crippen molar-refractivity contribution >= 4 is 5.91 Å². The van der Waals surface area contributed by atoms with Gasteiger partial charge < -0.3 is 14.6 Å². The lowest BCUT2D eigenvalue weighted by Gasteiger charge is -2.15. The first-order chi connectivity index (χ1) is 11.7. The quantitative estimate of drug-likeness (QED) is 0.915. The molecule has 1 aromatic carbocycles. The van der Waals surface area contributed by atoms with E-state index in [0.29, 0.717) is 6.42 Å². The average Bonchev–Trinajstić information content (AvgIpc) is 2.84. The van der Waals surface area contributed by atoms with Crippen LogP contribution in [0.4, 0.5) is 0 Å². The van der Waals surface area contributed by atoms with E-state index in [-0.39, 0.29) is 11.9 Å². The van der Waals surface area contributed by atoms with E-state index in [0.717, 1.165) is 48.8 Å². The van der Waals surface area contributed by atoms with Crippen LogP contribution in [0.15, 0.2) is 24.3 Å². The second-order valence-electron chi connectivity index (χ2n) is 6.25. The van der Waals surface area contributed by atoms with Crippen LogP contribution < -0.4 is 10.1 Å². The molecule has 2 aromatic rings. The number of carbonyl (C=O) groups is 1. The molecule has 0 saturated carbocycles. The van der Waals surface area contributed by atoms with Gasteiger partial charge in [-0.1, -0.05) is 18.6 Å². The molecule has 1 N–H and O–H groups in total. The van der Waals surface area contributed by atoms with Gasteiger partial charge in [0, 0.05) is 13.0 Å². The number of rotatable bonds is 5. The zero-order valence-electron chi connectivity index (χ0n) is 14.3. The Bertz CT molecular complexity index is 694. The van der Waals surface area contributed by atoms with E-state index in [1.807, 2.05) is 31.2 Å². The third kappa shape index (κ3) is 3.75. The minimum absolute atomic E-state index is 0.0151. The molecule has 2 heterocycles. The number of hydrogen-bond donors (Lipinski definition) is 1. The number of methoxy groups -OCH3 is 1. The highest BCUT2D eigenvalue weighted by Gasteiger charge is 2.20. The summed E-state index contributed by atoms with van der Waals surface area (Å²) in [5.41, 5.74) is 0.959. The standard InChI is InChI=1S/C18H24N4O2/c1-13(18-21-20-16-6-4-3-5-11-22(16)18)19-17(23)12-14-7-9-15(24-2)10-8-14/h7-10,13H,3-6,11-12H2,1-2H3,(H,19,23). The first kappa shape index (κ1) is 16.5. The molecule has 0 aliphatic carbocycles. The Morgan fingerprint density at radius 3 is 2.79 bits per heavy atom. The van der Waals surface area contributed by atoms with Crippen molar-refractivity contribution < 1.29 is 9.53 Å². The average molecular weight is 328 g/mol. The van der Waals surface area contributed by atoms with E-state index < -0.39 is 0 Å². The molecule has 0 spiro atoms. The summed E-state index contributed by atoms with van der Waals surface area (Å²) in [4.78, 5) is 12.3. The van der Waals surface area contributed by atoms with E-state index in [4.69, 9.17) is 4.74 Å². The summed E-state index contributed by atoms with van der Waals surface area (Å²) in [6, 6.07) is 7.41. The number of fused-ring (bicyclic) bond motifs is 1. The molecule has 1 atom stereocenters. The van der Waals surface area contributed by atoms with Crippen molar-refractivity contribution in [1.82, 2.24) is 20.1 Å². The van der Waals surface area contributed by atoms with Crippen LogP contribution in [0.2, 0.25) is 0 Å². The molecule has 24 heavy (non-hydrogen) atoms. The second-order valence-corrected chi connectivity index (χ2v) is 6.25. The van der Waals surface area contributed by atoms with Crippen molar-refractivity contribution in [3.63, 3.8) is 0 Å². The topological polar surface area (TPSA) is 69.0 Å². The highest BCUT2D eigenvalue weighted by molar-refractivity contribution is 5.78. The van der Waals surface area contributed by atoms with Gasteiger partial charge in [-0.05, 0) is 37.5 Å². The molecule has 1 aliphatic heterocycles. The third-order valence-corrected chi connectivity index (χ3v) is 4.43. The molecule has 6 heteroatoms. The third-order valence-electron chi connectivity index (χ3n) is 4.43. The molecule has 128 valence electrons. The number of ether oxygens (including phenoxy) is 1. The van der Waals surface area contributed by atoms with Crippen molar-refractivity contribution in [3.05, 3.63) is 41.5 Å². The van der Waals surface area contributed by atoms with Gasteiger partial charge in [-0.2, -0.15) is 0 Å². The van der Waals surface area contributed by atoms with Gasteiger partial charge in [-0.25, -0.2) is 0 Å². The number of nitrogens with zero attached hydrogens (tertiary/aromatic N) is 3. The van der Waals surface area contributed by atoms with Gasteiger partial charge in [-0.3, -0.25) is 4.79 Å². The van der Waals surface area contributed by atoms with Crippen molar-refractivity contribution in [1.29, 1.82) is 0 Å². The largest absolute Gasteiger partial charge is 0.497 e. The van der Waals surface area contributed by atoms with E-state index >= 15 is 0 Å². The summed E-state index contributed by atoms with van der Waals surface area (Å²) in [7, 11) is 1.63. The van der Waals surface area contributed by atoms with Crippen LogP contribution in [0.3, 0.4) is 0 Å². The van der Waals surface area contributed by atoms with Crippen LogP contribution in [0, 0.1) is 0 Å². The Morgan fingerprint density at radius 2 is 2.04 bits per heavy atom. The molecular formula is C18H24N4O2. The monoisotopic (exact) mass is 328 g/mol. The van der Waals surface area contributed by atoms with Crippen LogP contribution in [-0.4, -0.2) is 27.8 Å². The molecule has 6 nitrogen and oxygen atoms in total. The van der Waals surface area contributed by atoms with Gasteiger partial charge in [0.2, 0.25) is 5.91 Å². The van der Waals surface area contributed by atoms with E-state index in [1.54, 1.807) is 7.11 Å². The molecule has 3 rings (SSSR count). The summed E-state index contributed by atoms with van der Waals surface area (Å²) >= 11 is 0. The van der Waals surface area contributed by atoms with Crippen molar-refractivity contribution in [2.24, 2.45) is 0 Å². The van der Waals surface area contributed by atoms with Crippen LogP contribution in [0.25, 0.3) is 0 Å². The lowest BCUT2D eigenvalue weighted by Crippen LogP contribution is -2.30. The molecule has 1 aromatic heterocycles. The molecule has 1 aliphatic rings. The zero-order valence-corrected chi connectivity index (χ0v) is 14.3. The minimum atomic E-state index is -0.143. The fraction of sp³-hybridized carbons (Fsp3) is 0.500. The van der Waals surface area contributed by atoms with Crippen LogP contribution in [-0.2, 0) is 24.2 Å². The normalized spacial score (nSPS) is 15.2. The maximum absolute atomic E-state index is 12.3. The predicted molar refractivity (Wildman–Crippen MR) is 90.8 cm³/mol. The van der Waals surface area contributed by atoms with Gasteiger partial charge in [0.25, 0.3) is 0 Å². The van der Waals surface area contributed by atoms with Gasteiger partial charge in [0.15, 0.2) is 5.82 Å². The number of hydrogen-bond acceptors (Lipinski definition) is 4. The number of amides is 1. The maximum Gasteiger partial charge on any atom is 0.224 e. The zero-order chi connectivity index (χ0) is 16.9. The molecule has 0 saturated heterocycles. The highest BCUT2D eigenvalue weighted by Crippen LogP contribution is 2.19. The SMILES string of the molecule is COc1ccc(CC(=O)NC(C)c2nnc3n2CCCCC3)cc1. The van der Waals surface area contributed by atoms with Crippen molar-refractivity contribution in [2.45, 2.75) is 51.6 Å². The predicted octanol–water partition coefficient (Wildman–Crippen LogP) is 2.43. The fourth-order valence-electron chi connectivity index (χ4n) is 3.11.